The van der Waals surface area contributed by atoms with Gasteiger partial charge in [0.15, 0.2) is 0 Å². The second-order valence-corrected chi connectivity index (χ2v) is 8.39. The Morgan fingerprint density at radius 2 is 1.63 bits per heavy atom. The van der Waals surface area contributed by atoms with Gasteiger partial charge < -0.3 is 20.0 Å². The van der Waals surface area contributed by atoms with E-state index in [2.05, 4.69) is 0 Å². The van der Waals surface area contributed by atoms with Crippen LogP contribution in [0.3, 0.4) is 0 Å². The molecule has 2 unspecified atom stereocenters. The van der Waals surface area contributed by atoms with Gasteiger partial charge in [-0.3, -0.25) is 9.59 Å². The Labute approximate surface area is 159 Å². The molecule has 1 aromatic rings. The smallest absolute Gasteiger partial charge is 0.254 e. The number of carbonyl (C=O) groups is 2. The number of hydrogen-bond donors (Lipinski definition) is 2. The second-order valence-electron chi connectivity index (χ2n) is 8.39. The summed E-state index contributed by atoms with van der Waals surface area (Å²) in [5.74, 6) is 0.673. The highest BCUT2D eigenvalue weighted by Gasteiger charge is 2.68. The van der Waals surface area contributed by atoms with Crippen LogP contribution in [-0.4, -0.2) is 71.2 Å². The fourth-order valence-electron chi connectivity index (χ4n) is 5.11. The van der Waals surface area contributed by atoms with E-state index in [0.29, 0.717) is 39.0 Å². The van der Waals surface area contributed by atoms with Crippen LogP contribution in [0.2, 0.25) is 0 Å². The molecule has 146 valence electrons. The van der Waals surface area contributed by atoms with Crippen molar-refractivity contribution in [2.24, 2.45) is 23.2 Å². The highest BCUT2D eigenvalue weighted by molar-refractivity contribution is 5.95. The molecule has 0 radical (unpaired) electrons. The molecule has 2 saturated heterocycles. The van der Waals surface area contributed by atoms with E-state index in [1.807, 2.05) is 41.0 Å². The van der Waals surface area contributed by atoms with E-state index < -0.39 is 0 Å². The van der Waals surface area contributed by atoms with Gasteiger partial charge in [0.05, 0.1) is 13.2 Å². The lowest BCUT2D eigenvalue weighted by Crippen LogP contribution is -2.45. The zero-order chi connectivity index (χ0) is 19.2. The quantitative estimate of drug-likeness (QED) is 0.823. The number of nitrogens with zero attached hydrogens (tertiary/aromatic N) is 2. The number of carbonyl (C=O) groups excluding carboxylic acids is 2. The van der Waals surface area contributed by atoms with Crippen molar-refractivity contribution in [3.8, 4) is 0 Å². The maximum atomic E-state index is 12.9. The molecule has 0 bridgehead atoms. The number of hydrogen-bond acceptors (Lipinski definition) is 4. The van der Waals surface area contributed by atoms with E-state index in [1.54, 1.807) is 0 Å². The Kier molecular flexibility index (Phi) is 4.72. The average Bonchev–Trinajstić information content (AvgIpc) is 3.06. The minimum absolute atomic E-state index is 0.000265. The van der Waals surface area contributed by atoms with E-state index in [1.165, 1.54) is 0 Å². The number of amides is 2. The lowest BCUT2D eigenvalue weighted by atomic mass is 9.93. The van der Waals surface area contributed by atoms with Crippen LogP contribution in [0.4, 0.5) is 0 Å². The maximum absolute atomic E-state index is 12.9. The summed E-state index contributed by atoms with van der Waals surface area (Å²) in [5.41, 5.74) is 1.36. The normalized spacial score (nSPS) is 26.8. The van der Waals surface area contributed by atoms with Crippen molar-refractivity contribution in [3.05, 3.63) is 35.4 Å². The van der Waals surface area contributed by atoms with E-state index in [4.69, 9.17) is 0 Å². The Hall–Kier alpha value is -1.92. The predicted octanol–water partition coefficient (Wildman–Crippen LogP) is 0.906. The topological polar surface area (TPSA) is 81.1 Å². The first-order valence-electron chi connectivity index (χ1n) is 9.87. The number of rotatable bonds is 4. The number of likely N-dealkylation sites (tertiary alicyclic amines) is 2. The van der Waals surface area contributed by atoms with Crippen LogP contribution < -0.4 is 0 Å². The molecule has 0 spiro atoms. The molecule has 2 aliphatic heterocycles. The Morgan fingerprint density at radius 1 is 1.04 bits per heavy atom. The van der Waals surface area contributed by atoms with Gasteiger partial charge in [0, 0.05) is 43.1 Å². The fraction of sp³-hybridized carbons (Fsp3) is 0.619. The molecule has 1 aliphatic carbocycles. The van der Waals surface area contributed by atoms with Crippen molar-refractivity contribution < 1.29 is 19.8 Å². The van der Waals surface area contributed by atoms with Crippen LogP contribution >= 0.6 is 0 Å². The number of aliphatic hydroxyl groups excluding tert-OH is 2. The molecule has 2 heterocycles. The Morgan fingerprint density at radius 3 is 2.19 bits per heavy atom. The Balaban J connectivity index is 1.31. The number of aliphatic hydroxyl groups is 2. The molecule has 1 aromatic carbocycles. The van der Waals surface area contributed by atoms with Gasteiger partial charge in [-0.05, 0) is 43.2 Å². The molecule has 2 atom stereocenters. The van der Waals surface area contributed by atoms with E-state index in [-0.39, 0.29) is 48.2 Å². The molecule has 2 amide bonds. The summed E-state index contributed by atoms with van der Waals surface area (Å²) < 4.78 is 0. The average molecular weight is 372 g/mol. The predicted molar refractivity (Wildman–Crippen MR) is 100.0 cm³/mol. The summed E-state index contributed by atoms with van der Waals surface area (Å²) in [4.78, 5) is 29.3. The third-order valence-corrected chi connectivity index (χ3v) is 7.09. The highest BCUT2D eigenvalue weighted by Crippen LogP contribution is 2.62. The lowest BCUT2D eigenvalue weighted by Gasteiger charge is -2.34. The van der Waals surface area contributed by atoms with Gasteiger partial charge in [-0.25, -0.2) is 0 Å². The van der Waals surface area contributed by atoms with Gasteiger partial charge in [-0.15, -0.1) is 0 Å². The third kappa shape index (κ3) is 2.95. The first-order chi connectivity index (χ1) is 13.0. The van der Waals surface area contributed by atoms with E-state index in [0.717, 1.165) is 11.1 Å². The van der Waals surface area contributed by atoms with Crippen molar-refractivity contribution in [3.63, 3.8) is 0 Å². The molecule has 3 aliphatic rings. The molecular weight excluding hydrogens is 344 g/mol. The minimum Gasteiger partial charge on any atom is -0.396 e. The van der Waals surface area contributed by atoms with Crippen LogP contribution in [0.1, 0.15) is 28.8 Å². The van der Waals surface area contributed by atoms with Crippen molar-refractivity contribution in [1.82, 2.24) is 9.80 Å². The number of piperidine rings is 2. The van der Waals surface area contributed by atoms with Gasteiger partial charge in [0.25, 0.3) is 5.91 Å². The van der Waals surface area contributed by atoms with Gasteiger partial charge in [0.2, 0.25) is 5.91 Å². The summed E-state index contributed by atoms with van der Waals surface area (Å²) in [6, 6.07) is 7.62. The summed E-state index contributed by atoms with van der Waals surface area (Å²) in [5, 5.41) is 19.1. The molecule has 4 rings (SSSR count). The number of benzene rings is 1. The van der Waals surface area contributed by atoms with Gasteiger partial charge >= 0.3 is 0 Å². The van der Waals surface area contributed by atoms with Gasteiger partial charge in [-0.2, -0.15) is 0 Å². The van der Waals surface area contributed by atoms with E-state index >= 15 is 0 Å². The molecule has 2 N–H and O–H groups in total. The monoisotopic (exact) mass is 372 g/mol. The van der Waals surface area contributed by atoms with Crippen LogP contribution in [-0.2, 0) is 4.79 Å². The maximum Gasteiger partial charge on any atom is 0.254 e. The van der Waals surface area contributed by atoms with Crippen molar-refractivity contribution in [1.29, 1.82) is 0 Å². The molecule has 0 aromatic heterocycles. The summed E-state index contributed by atoms with van der Waals surface area (Å²) >= 11 is 0. The molecule has 6 nitrogen and oxygen atoms in total. The minimum atomic E-state index is -0.361. The van der Waals surface area contributed by atoms with Crippen molar-refractivity contribution in [2.75, 3.05) is 39.4 Å². The molecule has 3 fully saturated rings. The van der Waals surface area contributed by atoms with Crippen LogP contribution in [0.15, 0.2) is 24.3 Å². The summed E-state index contributed by atoms with van der Waals surface area (Å²) in [6.07, 6.45) is 1.40. The Bertz CT molecular complexity index is 723. The second kappa shape index (κ2) is 6.91. The van der Waals surface area contributed by atoms with Crippen molar-refractivity contribution in [2.45, 2.75) is 19.8 Å². The lowest BCUT2D eigenvalue weighted by molar-refractivity contribution is -0.137. The molecular formula is C21H28N2O4. The van der Waals surface area contributed by atoms with Gasteiger partial charge in [0.1, 0.15) is 0 Å². The SMILES string of the molecule is Cc1ccccc1C(=O)N1CCC(C(=O)N2CC3C(C2)C3(CO)CO)CC1. The molecule has 6 heteroatoms. The first-order valence-corrected chi connectivity index (χ1v) is 9.87. The fourth-order valence-corrected chi connectivity index (χ4v) is 5.11. The first kappa shape index (κ1) is 18.4. The van der Waals surface area contributed by atoms with Crippen molar-refractivity contribution >= 4 is 11.8 Å². The van der Waals surface area contributed by atoms with Crippen LogP contribution in [0.5, 0.6) is 0 Å². The standard InChI is InChI=1S/C21H28N2O4/c1-14-4-2-3-5-16(14)20(27)22-8-6-15(7-9-22)19(26)23-10-17-18(11-23)21(17,12-24)13-25/h2-5,15,17-18,24-25H,6-13H2,1H3. The highest BCUT2D eigenvalue weighted by atomic mass is 16.3. The molecule has 27 heavy (non-hydrogen) atoms. The number of aryl methyl sites for hydroxylation is 1. The number of fused-ring (bicyclic) bond motifs is 1. The third-order valence-electron chi connectivity index (χ3n) is 7.09. The zero-order valence-electron chi connectivity index (χ0n) is 15.8. The largest absolute Gasteiger partial charge is 0.396 e. The van der Waals surface area contributed by atoms with Gasteiger partial charge in [-0.1, -0.05) is 18.2 Å². The molecule has 1 saturated carbocycles. The zero-order valence-corrected chi connectivity index (χ0v) is 15.8. The van der Waals surface area contributed by atoms with Crippen LogP contribution in [0.25, 0.3) is 0 Å². The van der Waals surface area contributed by atoms with Crippen LogP contribution in [0, 0.1) is 30.1 Å². The summed E-state index contributed by atoms with van der Waals surface area (Å²) in [6.45, 7) is 4.46. The summed E-state index contributed by atoms with van der Waals surface area (Å²) in [7, 11) is 0. The van der Waals surface area contributed by atoms with E-state index in [9.17, 15) is 19.8 Å².